The molecule has 6 nitrogen and oxygen atoms in total. The van der Waals surface area contributed by atoms with Crippen LogP contribution in [0.2, 0.25) is 0 Å². The Kier molecular flexibility index (Phi) is 5.99. The predicted octanol–water partition coefficient (Wildman–Crippen LogP) is 3.05. The van der Waals surface area contributed by atoms with E-state index < -0.39 is 0 Å². The van der Waals surface area contributed by atoms with Crippen molar-refractivity contribution in [3.05, 3.63) is 41.7 Å². The van der Waals surface area contributed by atoms with Gasteiger partial charge < -0.3 is 4.90 Å². The molecule has 3 heterocycles. The Bertz CT molecular complexity index is 926. The summed E-state index contributed by atoms with van der Waals surface area (Å²) in [5.41, 5.74) is 3.29. The summed E-state index contributed by atoms with van der Waals surface area (Å²) in [6.45, 7) is 9.46. The highest BCUT2D eigenvalue weighted by Crippen LogP contribution is 2.29. The van der Waals surface area contributed by atoms with Crippen LogP contribution in [-0.2, 0) is 11.3 Å². The highest BCUT2D eigenvalue weighted by molar-refractivity contribution is 8.01. The minimum atomic E-state index is 0.211. The zero-order chi connectivity index (χ0) is 19.5. The van der Waals surface area contributed by atoms with Crippen molar-refractivity contribution in [2.45, 2.75) is 24.7 Å². The molecule has 1 aromatic carbocycles. The second kappa shape index (κ2) is 8.63. The van der Waals surface area contributed by atoms with Crippen molar-refractivity contribution in [2.75, 3.05) is 38.5 Å². The lowest BCUT2D eigenvalue weighted by Gasteiger charge is -2.34. The van der Waals surface area contributed by atoms with Gasteiger partial charge in [0.2, 0.25) is 5.91 Å². The molecule has 0 N–H and O–H groups in total. The van der Waals surface area contributed by atoms with Crippen LogP contribution in [0.4, 0.5) is 0 Å². The van der Waals surface area contributed by atoms with E-state index >= 15 is 0 Å². The number of aryl methyl sites for hydroxylation is 2. The van der Waals surface area contributed by atoms with E-state index in [1.54, 1.807) is 23.1 Å². The molecule has 0 saturated carbocycles. The van der Waals surface area contributed by atoms with Crippen LogP contribution in [0.3, 0.4) is 0 Å². The molecule has 1 saturated heterocycles. The zero-order valence-electron chi connectivity index (χ0n) is 16.3. The van der Waals surface area contributed by atoms with E-state index in [0.29, 0.717) is 5.75 Å². The fourth-order valence-electron chi connectivity index (χ4n) is 3.49. The molecule has 1 aliphatic heterocycles. The Morgan fingerprint density at radius 3 is 2.64 bits per heavy atom. The van der Waals surface area contributed by atoms with Crippen molar-refractivity contribution in [3.8, 4) is 0 Å². The molecule has 1 amide bonds. The Morgan fingerprint density at radius 2 is 1.93 bits per heavy atom. The number of aromatic nitrogens is 3. The van der Waals surface area contributed by atoms with Gasteiger partial charge in [-0.15, -0.1) is 11.3 Å². The molecule has 0 bridgehead atoms. The van der Waals surface area contributed by atoms with Gasteiger partial charge in [0.05, 0.1) is 28.2 Å². The van der Waals surface area contributed by atoms with Crippen molar-refractivity contribution in [3.63, 3.8) is 0 Å². The smallest absolute Gasteiger partial charge is 0.233 e. The van der Waals surface area contributed by atoms with E-state index in [2.05, 4.69) is 38.7 Å². The Morgan fingerprint density at radius 1 is 1.14 bits per heavy atom. The SMILES string of the molecule is Cc1cc(C)n(CCN2CCN(C(=O)CSc3nc4ccccc4s3)CC2)n1. The number of rotatable bonds is 6. The number of amides is 1. The van der Waals surface area contributed by atoms with Crippen LogP contribution in [0.1, 0.15) is 11.4 Å². The summed E-state index contributed by atoms with van der Waals surface area (Å²) < 4.78 is 4.22. The van der Waals surface area contributed by atoms with E-state index in [9.17, 15) is 4.79 Å². The molecule has 0 unspecified atom stereocenters. The summed E-state index contributed by atoms with van der Waals surface area (Å²) in [6.07, 6.45) is 0. The number of hydrogen-bond donors (Lipinski definition) is 0. The normalized spacial score (nSPS) is 15.4. The summed E-state index contributed by atoms with van der Waals surface area (Å²) in [4.78, 5) is 21.6. The third-order valence-corrected chi connectivity index (χ3v) is 7.21. The lowest BCUT2D eigenvalue weighted by Crippen LogP contribution is -2.49. The van der Waals surface area contributed by atoms with Crippen LogP contribution in [-0.4, -0.2) is 68.9 Å². The molecule has 1 aliphatic rings. The summed E-state index contributed by atoms with van der Waals surface area (Å²) in [5, 5.41) is 4.52. The molecule has 0 atom stereocenters. The van der Waals surface area contributed by atoms with E-state index in [-0.39, 0.29) is 5.91 Å². The second-order valence-corrected chi connectivity index (χ2v) is 9.36. The van der Waals surface area contributed by atoms with Gasteiger partial charge in [0.25, 0.3) is 0 Å². The van der Waals surface area contributed by atoms with Crippen molar-refractivity contribution in [1.29, 1.82) is 0 Å². The van der Waals surface area contributed by atoms with Gasteiger partial charge in [0, 0.05) is 38.4 Å². The van der Waals surface area contributed by atoms with Crippen molar-refractivity contribution < 1.29 is 4.79 Å². The van der Waals surface area contributed by atoms with Crippen molar-refractivity contribution in [1.82, 2.24) is 24.6 Å². The molecule has 0 spiro atoms. The van der Waals surface area contributed by atoms with E-state index in [1.807, 2.05) is 30.0 Å². The molecule has 1 fully saturated rings. The second-order valence-electron chi connectivity index (χ2n) is 7.11. The number of thiazole rings is 1. The largest absolute Gasteiger partial charge is 0.339 e. The number of fused-ring (bicyclic) bond motifs is 1. The van der Waals surface area contributed by atoms with E-state index in [1.165, 1.54) is 10.4 Å². The molecule has 2 aromatic heterocycles. The molecule has 0 radical (unpaired) electrons. The number of carbonyl (C=O) groups is 1. The number of nitrogens with zero attached hydrogens (tertiary/aromatic N) is 5. The topological polar surface area (TPSA) is 54.3 Å². The summed E-state index contributed by atoms with van der Waals surface area (Å²) >= 11 is 3.21. The van der Waals surface area contributed by atoms with Crippen LogP contribution in [0.25, 0.3) is 10.2 Å². The van der Waals surface area contributed by atoms with Gasteiger partial charge in [-0.3, -0.25) is 14.4 Å². The Hall–Kier alpha value is -1.90. The van der Waals surface area contributed by atoms with Gasteiger partial charge in [0.15, 0.2) is 4.34 Å². The molecular formula is C20H25N5OS2. The number of piperazine rings is 1. The van der Waals surface area contributed by atoms with Crippen molar-refractivity contribution >= 4 is 39.2 Å². The number of thioether (sulfide) groups is 1. The van der Waals surface area contributed by atoms with Gasteiger partial charge in [-0.05, 0) is 32.0 Å². The molecule has 28 heavy (non-hydrogen) atoms. The molecule has 4 rings (SSSR count). The van der Waals surface area contributed by atoms with Gasteiger partial charge in [0.1, 0.15) is 0 Å². The van der Waals surface area contributed by atoms with Gasteiger partial charge in [-0.25, -0.2) is 4.98 Å². The maximum atomic E-state index is 12.6. The van der Waals surface area contributed by atoms with Crippen LogP contribution >= 0.6 is 23.1 Å². The molecule has 8 heteroatoms. The summed E-state index contributed by atoms with van der Waals surface area (Å²) in [5.74, 6) is 0.674. The first-order valence-electron chi connectivity index (χ1n) is 9.58. The number of benzene rings is 1. The fraction of sp³-hybridized carbons (Fsp3) is 0.450. The van der Waals surface area contributed by atoms with Crippen LogP contribution < -0.4 is 0 Å². The summed E-state index contributed by atoms with van der Waals surface area (Å²) in [6, 6.07) is 10.2. The lowest BCUT2D eigenvalue weighted by atomic mass is 10.3. The Labute approximate surface area is 173 Å². The quantitative estimate of drug-likeness (QED) is 0.579. The van der Waals surface area contributed by atoms with Gasteiger partial charge in [-0.1, -0.05) is 23.9 Å². The van der Waals surface area contributed by atoms with Crippen LogP contribution in [0.15, 0.2) is 34.7 Å². The number of hydrogen-bond acceptors (Lipinski definition) is 6. The van der Waals surface area contributed by atoms with E-state index in [4.69, 9.17) is 0 Å². The monoisotopic (exact) mass is 415 g/mol. The maximum Gasteiger partial charge on any atom is 0.233 e. The first-order valence-corrected chi connectivity index (χ1v) is 11.4. The van der Waals surface area contributed by atoms with Gasteiger partial charge in [-0.2, -0.15) is 5.10 Å². The van der Waals surface area contributed by atoms with Crippen LogP contribution in [0.5, 0.6) is 0 Å². The zero-order valence-corrected chi connectivity index (χ0v) is 17.9. The highest BCUT2D eigenvalue weighted by atomic mass is 32.2. The van der Waals surface area contributed by atoms with Crippen LogP contribution in [0, 0.1) is 13.8 Å². The van der Waals surface area contributed by atoms with E-state index in [0.717, 1.165) is 54.8 Å². The minimum Gasteiger partial charge on any atom is -0.339 e. The number of para-hydroxylation sites is 1. The third kappa shape index (κ3) is 4.56. The molecule has 0 aliphatic carbocycles. The fourth-order valence-corrected chi connectivity index (χ4v) is 5.46. The molecule has 148 valence electrons. The predicted molar refractivity (Wildman–Crippen MR) is 115 cm³/mol. The average molecular weight is 416 g/mol. The third-order valence-electron chi connectivity index (χ3n) is 5.05. The van der Waals surface area contributed by atoms with Gasteiger partial charge >= 0.3 is 0 Å². The Balaban J connectivity index is 1.22. The molecule has 3 aromatic rings. The number of carbonyl (C=O) groups excluding carboxylic acids is 1. The molecular weight excluding hydrogens is 390 g/mol. The van der Waals surface area contributed by atoms with Crippen molar-refractivity contribution in [2.24, 2.45) is 0 Å². The first-order chi connectivity index (χ1) is 13.6. The summed E-state index contributed by atoms with van der Waals surface area (Å²) in [7, 11) is 0. The average Bonchev–Trinajstić information content (AvgIpc) is 3.26. The first kappa shape index (κ1) is 19.4. The highest BCUT2D eigenvalue weighted by Gasteiger charge is 2.21. The maximum absolute atomic E-state index is 12.6. The minimum absolute atomic E-state index is 0.211. The standard InChI is InChI=1S/C20H25N5OS2/c1-15-13-16(2)25(22-15)12-9-23-7-10-24(11-8-23)19(26)14-27-20-21-17-5-3-4-6-18(17)28-20/h3-6,13H,7-12,14H2,1-2H3. The lowest BCUT2D eigenvalue weighted by molar-refractivity contribution is -0.130.